The number of carbonyl (C=O) groups is 1. The van der Waals surface area contributed by atoms with Gasteiger partial charge in [0.25, 0.3) is 0 Å². The number of hydrogen-bond donors (Lipinski definition) is 1. The van der Waals surface area contributed by atoms with Crippen LogP contribution in [0.3, 0.4) is 0 Å². The van der Waals surface area contributed by atoms with Gasteiger partial charge in [-0.3, -0.25) is 0 Å². The van der Waals surface area contributed by atoms with Crippen LogP contribution in [0.1, 0.15) is 16.1 Å². The number of carboxylic acid groups (broad SMARTS) is 1. The minimum Gasteiger partial charge on any atom is -0.478 e. The van der Waals surface area contributed by atoms with Gasteiger partial charge < -0.3 is 9.52 Å². The van der Waals surface area contributed by atoms with Crippen molar-refractivity contribution in [3.05, 3.63) is 53.3 Å². The predicted molar refractivity (Wildman–Crippen MR) is 76.9 cm³/mol. The summed E-state index contributed by atoms with van der Waals surface area (Å²) in [5.41, 5.74) is 3.00. The second-order valence-corrected chi connectivity index (χ2v) is 5.17. The molecule has 0 amide bonds. The number of aryl methyl sites for hydroxylation is 1. The van der Waals surface area contributed by atoms with Crippen molar-refractivity contribution in [2.24, 2.45) is 0 Å². The zero-order valence-electron chi connectivity index (χ0n) is 10.7. The van der Waals surface area contributed by atoms with E-state index in [9.17, 15) is 4.79 Å². The molecule has 0 atom stereocenters. The van der Waals surface area contributed by atoms with Crippen LogP contribution in [0, 0.1) is 6.92 Å². The van der Waals surface area contributed by atoms with Crippen LogP contribution in [0.2, 0.25) is 0 Å². The first kappa shape index (κ1) is 12.6. The van der Waals surface area contributed by atoms with Crippen LogP contribution in [0.15, 0.2) is 46.4 Å². The van der Waals surface area contributed by atoms with E-state index in [1.54, 1.807) is 30.5 Å². The zero-order chi connectivity index (χ0) is 14.1. The molecular weight excluding hydrogens is 274 g/mol. The van der Waals surface area contributed by atoms with Gasteiger partial charge in [-0.15, -0.1) is 11.3 Å². The molecule has 2 aromatic heterocycles. The summed E-state index contributed by atoms with van der Waals surface area (Å²) < 4.78 is 5.28. The number of carboxylic acids is 1. The molecule has 3 rings (SSSR count). The number of aromatic carboxylic acids is 1. The summed E-state index contributed by atoms with van der Waals surface area (Å²) in [5, 5.41) is 11.7. The third kappa shape index (κ3) is 2.23. The fourth-order valence-electron chi connectivity index (χ4n) is 1.92. The standard InChI is InChI=1S/C15H11NO3S/c1-9-12(6-7-19-9)14-16-13(8-20-14)10-2-4-11(5-3-10)15(17)18/h2-8H,1H3,(H,17,18). The molecular formula is C15H11NO3S. The van der Waals surface area contributed by atoms with Crippen molar-refractivity contribution in [2.45, 2.75) is 6.92 Å². The molecule has 100 valence electrons. The molecule has 0 aliphatic heterocycles. The monoisotopic (exact) mass is 285 g/mol. The molecule has 0 aliphatic carbocycles. The van der Waals surface area contributed by atoms with Gasteiger partial charge >= 0.3 is 5.97 Å². The number of nitrogens with zero attached hydrogens (tertiary/aromatic N) is 1. The van der Waals surface area contributed by atoms with Crippen molar-refractivity contribution in [2.75, 3.05) is 0 Å². The Morgan fingerprint density at radius 2 is 2.00 bits per heavy atom. The Morgan fingerprint density at radius 3 is 2.60 bits per heavy atom. The van der Waals surface area contributed by atoms with Gasteiger partial charge in [-0.25, -0.2) is 9.78 Å². The molecule has 0 bridgehead atoms. The maximum atomic E-state index is 10.8. The van der Waals surface area contributed by atoms with E-state index in [4.69, 9.17) is 9.52 Å². The Bertz CT molecular complexity index is 756. The molecule has 2 heterocycles. The van der Waals surface area contributed by atoms with Crippen LogP contribution in [0.5, 0.6) is 0 Å². The molecule has 0 spiro atoms. The van der Waals surface area contributed by atoms with Crippen LogP contribution in [-0.2, 0) is 0 Å². The van der Waals surface area contributed by atoms with Crippen LogP contribution in [0.25, 0.3) is 21.8 Å². The second kappa shape index (κ2) is 4.94. The van der Waals surface area contributed by atoms with E-state index in [0.717, 1.165) is 27.6 Å². The molecule has 0 saturated carbocycles. The first-order chi connectivity index (χ1) is 9.65. The van der Waals surface area contributed by atoms with E-state index in [-0.39, 0.29) is 5.56 Å². The van der Waals surface area contributed by atoms with Crippen molar-refractivity contribution in [3.8, 4) is 21.8 Å². The average Bonchev–Trinajstić information content (AvgIpc) is 3.07. The van der Waals surface area contributed by atoms with E-state index in [2.05, 4.69) is 4.98 Å². The predicted octanol–water partition coefficient (Wildman–Crippen LogP) is 4.08. The van der Waals surface area contributed by atoms with Crippen LogP contribution in [-0.4, -0.2) is 16.1 Å². The SMILES string of the molecule is Cc1occc1-c1nc(-c2ccc(C(=O)O)cc2)cs1. The minimum absolute atomic E-state index is 0.273. The van der Waals surface area contributed by atoms with Crippen LogP contribution in [0.4, 0.5) is 0 Å². The van der Waals surface area contributed by atoms with Gasteiger partial charge in [0.15, 0.2) is 0 Å². The lowest BCUT2D eigenvalue weighted by Gasteiger charge is -1.98. The largest absolute Gasteiger partial charge is 0.478 e. The van der Waals surface area contributed by atoms with E-state index in [1.807, 2.05) is 18.4 Å². The number of benzene rings is 1. The topological polar surface area (TPSA) is 63.3 Å². The first-order valence-corrected chi connectivity index (χ1v) is 6.87. The van der Waals surface area contributed by atoms with Crippen molar-refractivity contribution >= 4 is 17.3 Å². The van der Waals surface area contributed by atoms with E-state index in [1.165, 1.54) is 11.3 Å². The first-order valence-electron chi connectivity index (χ1n) is 5.99. The average molecular weight is 285 g/mol. The Morgan fingerprint density at radius 1 is 1.25 bits per heavy atom. The summed E-state index contributed by atoms with van der Waals surface area (Å²) in [4.78, 5) is 15.4. The summed E-state index contributed by atoms with van der Waals surface area (Å²) >= 11 is 1.54. The molecule has 1 aromatic carbocycles. The highest BCUT2D eigenvalue weighted by Gasteiger charge is 2.11. The van der Waals surface area contributed by atoms with Gasteiger partial charge in [-0.1, -0.05) is 12.1 Å². The van der Waals surface area contributed by atoms with Crippen molar-refractivity contribution < 1.29 is 14.3 Å². The fourth-order valence-corrected chi connectivity index (χ4v) is 2.82. The lowest BCUT2D eigenvalue weighted by atomic mass is 10.1. The number of furan rings is 1. The van der Waals surface area contributed by atoms with E-state index >= 15 is 0 Å². The summed E-state index contributed by atoms with van der Waals surface area (Å²) in [5.74, 6) is -0.0864. The van der Waals surface area contributed by atoms with Gasteiger partial charge in [0.1, 0.15) is 10.8 Å². The third-order valence-electron chi connectivity index (χ3n) is 3.02. The number of rotatable bonds is 3. The van der Waals surface area contributed by atoms with Crippen molar-refractivity contribution in [1.29, 1.82) is 0 Å². The Balaban J connectivity index is 1.94. The normalized spacial score (nSPS) is 10.7. The van der Waals surface area contributed by atoms with E-state index < -0.39 is 5.97 Å². The molecule has 1 N–H and O–H groups in total. The molecule has 0 aliphatic rings. The van der Waals surface area contributed by atoms with Gasteiger partial charge in [0.05, 0.1) is 23.1 Å². The van der Waals surface area contributed by atoms with Gasteiger partial charge in [0, 0.05) is 10.9 Å². The van der Waals surface area contributed by atoms with Gasteiger partial charge in [-0.05, 0) is 25.1 Å². The summed E-state index contributed by atoms with van der Waals surface area (Å²) in [6, 6.07) is 8.60. The lowest BCUT2D eigenvalue weighted by Crippen LogP contribution is -1.94. The Hall–Kier alpha value is -2.40. The molecule has 0 fully saturated rings. The van der Waals surface area contributed by atoms with Gasteiger partial charge in [-0.2, -0.15) is 0 Å². The number of thiazole rings is 1. The highest BCUT2D eigenvalue weighted by atomic mass is 32.1. The highest BCUT2D eigenvalue weighted by Crippen LogP contribution is 2.31. The van der Waals surface area contributed by atoms with Crippen molar-refractivity contribution in [3.63, 3.8) is 0 Å². The van der Waals surface area contributed by atoms with Crippen LogP contribution < -0.4 is 0 Å². The molecule has 20 heavy (non-hydrogen) atoms. The summed E-state index contributed by atoms with van der Waals surface area (Å²) in [7, 11) is 0. The number of hydrogen-bond acceptors (Lipinski definition) is 4. The smallest absolute Gasteiger partial charge is 0.335 e. The third-order valence-corrected chi connectivity index (χ3v) is 3.90. The van der Waals surface area contributed by atoms with Crippen molar-refractivity contribution in [1.82, 2.24) is 4.98 Å². The Kier molecular flexibility index (Phi) is 3.12. The molecule has 3 aromatic rings. The molecule has 5 heteroatoms. The number of aromatic nitrogens is 1. The molecule has 0 unspecified atom stereocenters. The quantitative estimate of drug-likeness (QED) is 0.787. The second-order valence-electron chi connectivity index (χ2n) is 4.31. The maximum absolute atomic E-state index is 10.8. The highest BCUT2D eigenvalue weighted by molar-refractivity contribution is 7.13. The molecule has 0 radical (unpaired) electrons. The van der Waals surface area contributed by atoms with Gasteiger partial charge in [0.2, 0.25) is 0 Å². The fraction of sp³-hybridized carbons (Fsp3) is 0.0667. The van der Waals surface area contributed by atoms with Crippen LogP contribution >= 0.6 is 11.3 Å². The lowest BCUT2D eigenvalue weighted by molar-refractivity contribution is 0.0697. The minimum atomic E-state index is -0.926. The maximum Gasteiger partial charge on any atom is 0.335 e. The Labute approximate surface area is 119 Å². The molecule has 0 saturated heterocycles. The zero-order valence-corrected chi connectivity index (χ0v) is 11.5. The summed E-state index contributed by atoms with van der Waals surface area (Å²) in [6.07, 6.45) is 1.65. The van der Waals surface area contributed by atoms with E-state index in [0.29, 0.717) is 0 Å². The summed E-state index contributed by atoms with van der Waals surface area (Å²) in [6.45, 7) is 1.90. The molecule has 4 nitrogen and oxygen atoms in total.